The van der Waals surface area contributed by atoms with E-state index in [0.717, 1.165) is 16.8 Å². The SMILES string of the molecule is C=N/C(=C\C1=C(C)C=C(c2c(Cl)c(OC)cc(OC)c2Cl)CN1/C=C\NC)CC(=C)/C(=C\C=C(/C)NC=O)OC. The van der Waals surface area contributed by atoms with Gasteiger partial charge in [-0.05, 0) is 55.5 Å². The monoisotopic (exact) mass is 586 g/mol. The molecule has 0 saturated heterocycles. The van der Waals surface area contributed by atoms with E-state index in [-0.39, 0.29) is 0 Å². The van der Waals surface area contributed by atoms with Gasteiger partial charge in [-0.2, -0.15) is 0 Å². The molecule has 1 aliphatic heterocycles. The molecule has 8 nitrogen and oxygen atoms in total. The van der Waals surface area contributed by atoms with Crippen LogP contribution in [0, 0.1) is 0 Å². The van der Waals surface area contributed by atoms with Gasteiger partial charge in [-0.15, -0.1) is 0 Å². The summed E-state index contributed by atoms with van der Waals surface area (Å²) in [6, 6.07) is 1.67. The lowest BCUT2D eigenvalue weighted by atomic mass is 9.96. The molecule has 1 amide bonds. The molecule has 40 heavy (non-hydrogen) atoms. The number of methoxy groups -OCH3 is 3. The number of allylic oxidation sites excluding steroid dienone is 8. The minimum absolute atomic E-state index is 0.388. The summed E-state index contributed by atoms with van der Waals surface area (Å²) in [5.74, 6) is 1.49. The fourth-order valence-corrected chi connectivity index (χ4v) is 4.72. The number of hydrogen-bond acceptors (Lipinski definition) is 7. The Morgan fingerprint density at radius 2 is 1.82 bits per heavy atom. The summed E-state index contributed by atoms with van der Waals surface area (Å²) in [5, 5.41) is 6.42. The molecule has 0 bridgehead atoms. The Hall–Kier alpha value is -3.88. The maximum Gasteiger partial charge on any atom is 0.211 e. The van der Waals surface area contributed by atoms with Crippen LogP contribution < -0.4 is 20.1 Å². The van der Waals surface area contributed by atoms with Crippen molar-refractivity contribution in [2.75, 3.05) is 34.9 Å². The molecular formula is C30H36Cl2N4O4. The third-order valence-electron chi connectivity index (χ3n) is 6.00. The summed E-state index contributed by atoms with van der Waals surface area (Å²) in [5.41, 5.74) is 5.43. The minimum Gasteiger partial charge on any atom is -0.496 e. The highest BCUT2D eigenvalue weighted by Crippen LogP contribution is 2.45. The van der Waals surface area contributed by atoms with Crippen LogP contribution in [0.5, 0.6) is 11.5 Å². The number of hydrogen-bond donors (Lipinski definition) is 2. The fourth-order valence-electron chi connectivity index (χ4n) is 3.98. The standard InChI is InChI=1S/C30H36Cl2N4O4/c1-19-13-22(28-29(31)26(39-7)16-27(40-8)30(28)32)17-36(12-11-33-4)24(19)15-23(34-5)14-20(2)25(38-6)10-9-21(3)35-18-37/h9-13,15-16,18,33H,2,5,14,17H2,1,3-4,6-8H3,(H,35,37)/b12-11-,21-9+,23-15-,25-10+. The molecule has 0 radical (unpaired) electrons. The van der Waals surface area contributed by atoms with Gasteiger partial charge in [0, 0.05) is 61.1 Å². The number of nitrogens with one attached hydrogen (secondary N) is 2. The average molecular weight is 588 g/mol. The molecule has 0 unspecified atom stereocenters. The maximum absolute atomic E-state index is 10.7. The quantitative estimate of drug-likeness (QED) is 0.114. The number of carbonyl (C=O) groups is 1. The van der Waals surface area contributed by atoms with E-state index in [1.54, 1.807) is 46.5 Å². The molecule has 0 aliphatic carbocycles. The third kappa shape index (κ3) is 8.07. The van der Waals surface area contributed by atoms with Crippen molar-refractivity contribution in [3.05, 3.63) is 99.0 Å². The van der Waals surface area contributed by atoms with Crippen LogP contribution in [0.4, 0.5) is 0 Å². The predicted molar refractivity (Wildman–Crippen MR) is 165 cm³/mol. The molecule has 1 aromatic carbocycles. The molecule has 0 atom stereocenters. The van der Waals surface area contributed by atoms with Gasteiger partial charge in [-0.25, -0.2) is 0 Å². The van der Waals surface area contributed by atoms with E-state index in [1.807, 2.05) is 38.5 Å². The first-order chi connectivity index (χ1) is 19.1. The predicted octanol–water partition coefficient (Wildman–Crippen LogP) is 6.39. The van der Waals surface area contributed by atoms with Gasteiger partial charge in [-0.3, -0.25) is 9.79 Å². The van der Waals surface area contributed by atoms with Gasteiger partial charge in [0.25, 0.3) is 0 Å². The second-order valence-corrected chi connectivity index (χ2v) is 9.43. The van der Waals surface area contributed by atoms with Crippen molar-refractivity contribution in [3.63, 3.8) is 0 Å². The van der Waals surface area contributed by atoms with Gasteiger partial charge >= 0.3 is 0 Å². The first-order valence-electron chi connectivity index (χ1n) is 12.3. The van der Waals surface area contributed by atoms with Gasteiger partial charge in [-0.1, -0.05) is 35.9 Å². The van der Waals surface area contributed by atoms with Crippen LogP contribution in [0.15, 0.2) is 88.3 Å². The lowest BCUT2D eigenvalue weighted by Crippen LogP contribution is -2.24. The Morgan fingerprint density at radius 3 is 2.35 bits per heavy atom. The zero-order chi connectivity index (χ0) is 29.8. The van der Waals surface area contributed by atoms with Crippen LogP contribution in [0.3, 0.4) is 0 Å². The molecule has 0 spiro atoms. The fraction of sp³-hybridized carbons (Fsp3) is 0.267. The Balaban J connectivity index is 2.58. The summed E-state index contributed by atoms with van der Waals surface area (Å²) in [6.07, 6.45) is 12.2. The van der Waals surface area contributed by atoms with Crippen LogP contribution >= 0.6 is 23.2 Å². The van der Waals surface area contributed by atoms with Crippen molar-refractivity contribution in [2.24, 2.45) is 4.99 Å². The van der Waals surface area contributed by atoms with Gasteiger partial charge < -0.3 is 29.7 Å². The van der Waals surface area contributed by atoms with E-state index in [1.165, 1.54) is 0 Å². The van der Waals surface area contributed by atoms with Crippen molar-refractivity contribution in [1.82, 2.24) is 15.5 Å². The summed E-state index contributed by atoms with van der Waals surface area (Å²) >= 11 is 13.4. The van der Waals surface area contributed by atoms with Crippen LogP contribution in [0.2, 0.25) is 10.0 Å². The van der Waals surface area contributed by atoms with Crippen LogP contribution in [-0.2, 0) is 9.53 Å². The van der Waals surface area contributed by atoms with E-state index in [2.05, 4.69) is 33.8 Å². The highest BCUT2D eigenvalue weighted by atomic mass is 35.5. The second kappa shape index (κ2) is 15.6. The van der Waals surface area contributed by atoms with E-state index in [9.17, 15) is 4.79 Å². The topological polar surface area (TPSA) is 84.4 Å². The average Bonchev–Trinajstić information content (AvgIpc) is 2.93. The molecule has 0 fully saturated rings. The summed E-state index contributed by atoms with van der Waals surface area (Å²) in [6.45, 7) is 12.2. The number of benzene rings is 1. The van der Waals surface area contributed by atoms with Crippen molar-refractivity contribution < 1.29 is 19.0 Å². The number of aliphatic imine (C=N–C) groups is 1. The molecule has 2 rings (SSSR count). The molecule has 1 aromatic rings. The number of nitrogens with zero attached hydrogens (tertiary/aromatic N) is 2. The lowest BCUT2D eigenvalue weighted by Gasteiger charge is -2.30. The molecule has 0 saturated carbocycles. The van der Waals surface area contributed by atoms with Gasteiger partial charge in [0.15, 0.2) is 0 Å². The summed E-state index contributed by atoms with van der Waals surface area (Å²) < 4.78 is 16.4. The Kier molecular flexibility index (Phi) is 12.6. The van der Waals surface area contributed by atoms with Crippen molar-refractivity contribution >= 4 is 41.9 Å². The minimum atomic E-state index is 0.388. The van der Waals surface area contributed by atoms with Gasteiger partial charge in [0.1, 0.15) is 17.3 Å². The number of ether oxygens (including phenoxy) is 3. The number of carbonyl (C=O) groups excluding carboxylic acids is 1. The molecule has 10 heteroatoms. The van der Waals surface area contributed by atoms with Gasteiger partial charge in [0.05, 0.1) is 31.4 Å². The van der Waals surface area contributed by atoms with Crippen LogP contribution in [0.1, 0.15) is 25.8 Å². The Bertz CT molecular complexity index is 1290. The van der Waals surface area contributed by atoms with E-state index in [0.29, 0.717) is 69.2 Å². The smallest absolute Gasteiger partial charge is 0.211 e. The highest BCUT2D eigenvalue weighted by molar-refractivity contribution is 6.39. The van der Waals surface area contributed by atoms with Crippen LogP contribution in [0.25, 0.3) is 5.57 Å². The summed E-state index contributed by atoms with van der Waals surface area (Å²) in [4.78, 5) is 17.0. The van der Waals surface area contributed by atoms with Crippen molar-refractivity contribution in [2.45, 2.75) is 20.3 Å². The second-order valence-electron chi connectivity index (χ2n) is 8.68. The normalized spacial score (nSPS) is 14.7. The van der Waals surface area contributed by atoms with E-state index in [4.69, 9.17) is 37.4 Å². The van der Waals surface area contributed by atoms with Gasteiger partial charge in [0.2, 0.25) is 6.41 Å². The van der Waals surface area contributed by atoms with Crippen LogP contribution in [-0.4, -0.2) is 52.9 Å². The molecule has 1 heterocycles. The molecule has 1 aliphatic rings. The Morgan fingerprint density at radius 1 is 1.18 bits per heavy atom. The third-order valence-corrected chi connectivity index (χ3v) is 6.75. The zero-order valence-electron chi connectivity index (χ0n) is 23.7. The van der Waals surface area contributed by atoms with E-state index < -0.39 is 0 Å². The molecule has 2 N–H and O–H groups in total. The summed E-state index contributed by atoms with van der Waals surface area (Å²) in [7, 11) is 6.48. The zero-order valence-corrected chi connectivity index (χ0v) is 25.2. The molecule has 0 aromatic heterocycles. The first-order valence-corrected chi connectivity index (χ1v) is 13.0. The van der Waals surface area contributed by atoms with Crippen molar-refractivity contribution in [3.8, 4) is 11.5 Å². The number of halogens is 2. The number of rotatable bonds is 14. The van der Waals surface area contributed by atoms with Crippen molar-refractivity contribution in [1.29, 1.82) is 0 Å². The Labute approximate surface area is 246 Å². The van der Waals surface area contributed by atoms with E-state index >= 15 is 0 Å². The lowest BCUT2D eigenvalue weighted by molar-refractivity contribution is -0.108. The molecular weight excluding hydrogens is 551 g/mol. The molecule has 214 valence electrons. The highest BCUT2D eigenvalue weighted by Gasteiger charge is 2.25. The largest absolute Gasteiger partial charge is 0.496 e. The first kappa shape index (κ1) is 32.3. The maximum atomic E-state index is 10.7. The number of amides is 1.